The van der Waals surface area contributed by atoms with Crippen molar-refractivity contribution in [3.05, 3.63) is 59.7 Å². The smallest absolute Gasteiger partial charge is 0.291 e. The fourth-order valence-electron chi connectivity index (χ4n) is 2.83. The summed E-state index contributed by atoms with van der Waals surface area (Å²) in [6.45, 7) is 4.93. The van der Waals surface area contributed by atoms with Crippen molar-refractivity contribution in [2.45, 2.75) is 26.4 Å². The summed E-state index contributed by atoms with van der Waals surface area (Å²) in [6, 6.07) is 9.66. The van der Waals surface area contributed by atoms with Crippen LogP contribution in [0.25, 0.3) is 0 Å². The van der Waals surface area contributed by atoms with E-state index in [-0.39, 0.29) is 17.1 Å². The van der Waals surface area contributed by atoms with Gasteiger partial charge >= 0.3 is 0 Å². The monoisotopic (exact) mass is 335 g/mol. The van der Waals surface area contributed by atoms with E-state index in [2.05, 4.69) is 21.8 Å². The molecule has 5 heteroatoms. The number of hydrogen-bond donors (Lipinski definition) is 1. The minimum absolute atomic E-state index is 0.164. The van der Waals surface area contributed by atoms with Crippen LogP contribution in [0.1, 0.15) is 42.0 Å². The maximum atomic E-state index is 12.6. The van der Waals surface area contributed by atoms with Crippen LogP contribution in [-0.2, 0) is 0 Å². The standard InChI is InChI=1S/C20H21N3O2/c1-20(2)14-23(11-10-17(20)24)19(25)18-21-12-16(13-22-18)9-8-15-6-4-3-5-7-15/h3-7,12-13,17,24H,10-11,14H2,1-2H3. The van der Waals surface area contributed by atoms with Crippen LogP contribution in [0.15, 0.2) is 42.7 Å². The van der Waals surface area contributed by atoms with Gasteiger partial charge in [-0.05, 0) is 18.6 Å². The van der Waals surface area contributed by atoms with Crippen LogP contribution in [0.2, 0.25) is 0 Å². The summed E-state index contributed by atoms with van der Waals surface area (Å²) in [5.74, 6) is 5.99. The van der Waals surface area contributed by atoms with Crippen LogP contribution >= 0.6 is 0 Å². The molecular weight excluding hydrogens is 314 g/mol. The minimum atomic E-state index is -0.395. The van der Waals surface area contributed by atoms with Crippen LogP contribution in [0, 0.1) is 17.3 Å². The lowest BCUT2D eigenvalue weighted by molar-refractivity contribution is -0.0186. The number of carbonyl (C=O) groups is 1. The van der Waals surface area contributed by atoms with Crippen LogP contribution < -0.4 is 0 Å². The van der Waals surface area contributed by atoms with Crippen molar-refractivity contribution in [2.24, 2.45) is 5.41 Å². The number of hydrogen-bond acceptors (Lipinski definition) is 4. The molecule has 1 aromatic carbocycles. The third-order valence-electron chi connectivity index (χ3n) is 4.43. The summed E-state index contributed by atoms with van der Waals surface area (Å²) >= 11 is 0. The molecule has 0 aliphatic carbocycles. The molecule has 2 aromatic rings. The van der Waals surface area contributed by atoms with Gasteiger partial charge in [-0.15, -0.1) is 0 Å². The highest BCUT2D eigenvalue weighted by molar-refractivity contribution is 5.90. The Bertz CT molecular complexity index is 804. The molecule has 5 nitrogen and oxygen atoms in total. The number of piperidine rings is 1. The van der Waals surface area contributed by atoms with Gasteiger partial charge in [0.05, 0.1) is 11.7 Å². The molecule has 1 N–H and O–H groups in total. The molecule has 128 valence electrons. The van der Waals surface area contributed by atoms with Gasteiger partial charge in [0.2, 0.25) is 5.82 Å². The summed E-state index contributed by atoms with van der Waals surface area (Å²) in [5.41, 5.74) is 1.25. The van der Waals surface area contributed by atoms with E-state index in [0.29, 0.717) is 25.1 Å². The van der Waals surface area contributed by atoms with E-state index in [9.17, 15) is 9.90 Å². The van der Waals surface area contributed by atoms with Gasteiger partial charge in [-0.25, -0.2) is 9.97 Å². The fraction of sp³-hybridized carbons (Fsp3) is 0.350. The maximum Gasteiger partial charge on any atom is 0.291 e. The van der Waals surface area contributed by atoms with E-state index in [0.717, 1.165) is 5.56 Å². The molecular formula is C20H21N3O2. The van der Waals surface area contributed by atoms with E-state index < -0.39 is 6.10 Å². The normalized spacial score (nSPS) is 19.0. The van der Waals surface area contributed by atoms with Crippen molar-refractivity contribution < 1.29 is 9.90 Å². The predicted molar refractivity (Wildman–Crippen MR) is 94.8 cm³/mol. The van der Waals surface area contributed by atoms with E-state index in [1.165, 1.54) is 0 Å². The maximum absolute atomic E-state index is 12.6. The number of carbonyl (C=O) groups excluding carboxylic acids is 1. The van der Waals surface area contributed by atoms with Crippen molar-refractivity contribution >= 4 is 5.91 Å². The number of benzene rings is 1. The summed E-state index contributed by atoms with van der Waals surface area (Å²) in [4.78, 5) is 22.6. The Balaban J connectivity index is 1.70. The second-order valence-corrected chi connectivity index (χ2v) is 6.93. The van der Waals surface area contributed by atoms with Gasteiger partial charge in [-0.2, -0.15) is 0 Å². The van der Waals surface area contributed by atoms with Crippen molar-refractivity contribution in [1.29, 1.82) is 0 Å². The molecule has 1 amide bonds. The molecule has 1 aromatic heterocycles. The van der Waals surface area contributed by atoms with Crippen LogP contribution in [0.4, 0.5) is 0 Å². The lowest BCUT2D eigenvalue weighted by atomic mass is 9.81. The van der Waals surface area contributed by atoms with Crippen molar-refractivity contribution in [2.75, 3.05) is 13.1 Å². The zero-order valence-corrected chi connectivity index (χ0v) is 14.4. The third kappa shape index (κ3) is 4.04. The first kappa shape index (κ1) is 17.1. The first-order valence-electron chi connectivity index (χ1n) is 8.32. The molecule has 0 spiro atoms. The van der Waals surface area contributed by atoms with Gasteiger partial charge in [-0.3, -0.25) is 4.79 Å². The second-order valence-electron chi connectivity index (χ2n) is 6.93. The van der Waals surface area contributed by atoms with Crippen molar-refractivity contribution in [1.82, 2.24) is 14.9 Å². The van der Waals surface area contributed by atoms with Gasteiger partial charge in [0.1, 0.15) is 0 Å². The minimum Gasteiger partial charge on any atom is -0.392 e. The lowest BCUT2D eigenvalue weighted by Gasteiger charge is -2.41. The number of aliphatic hydroxyl groups excluding tert-OH is 1. The average molecular weight is 335 g/mol. The number of amides is 1. The number of likely N-dealkylation sites (tertiary alicyclic amines) is 1. The van der Waals surface area contributed by atoms with Gasteiger partial charge in [0.25, 0.3) is 5.91 Å². The highest BCUT2D eigenvalue weighted by Crippen LogP contribution is 2.29. The number of aromatic nitrogens is 2. The van der Waals surface area contributed by atoms with E-state index in [1.807, 2.05) is 44.2 Å². The van der Waals surface area contributed by atoms with E-state index in [1.54, 1.807) is 17.3 Å². The summed E-state index contributed by atoms with van der Waals surface area (Å²) in [6.07, 6.45) is 3.31. The Morgan fingerprint density at radius 3 is 2.44 bits per heavy atom. The quantitative estimate of drug-likeness (QED) is 0.811. The molecule has 1 atom stereocenters. The first-order chi connectivity index (χ1) is 12.0. The van der Waals surface area contributed by atoms with Gasteiger partial charge < -0.3 is 10.0 Å². The largest absolute Gasteiger partial charge is 0.392 e. The lowest BCUT2D eigenvalue weighted by Crippen LogP contribution is -2.50. The van der Waals surface area contributed by atoms with E-state index in [4.69, 9.17) is 0 Å². The molecule has 1 aliphatic heterocycles. The molecule has 1 fully saturated rings. The molecule has 1 saturated heterocycles. The molecule has 3 rings (SSSR count). The molecule has 0 bridgehead atoms. The number of aliphatic hydroxyl groups is 1. The average Bonchev–Trinajstić information content (AvgIpc) is 2.63. The van der Waals surface area contributed by atoms with Gasteiger partial charge in [-0.1, -0.05) is 43.9 Å². The van der Waals surface area contributed by atoms with E-state index >= 15 is 0 Å². The molecule has 2 heterocycles. The van der Waals surface area contributed by atoms with Crippen LogP contribution in [-0.4, -0.2) is 45.1 Å². The molecule has 1 aliphatic rings. The van der Waals surface area contributed by atoms with Crippen molar-refractivity contribution in [3.63, 3.8) is 0 Å². The predicted octanol–water partition coefficient (Wildman–Crippen LogP) is 2.11. The summed E-state index contributed by atoms with van der Waals surface area (Å²) < 4.78 is 0. The fourth-order valence-corrected chi connectivity index (χ4v) is 2.83. The van der Waals surface area contributed by atoms with Gasteiger partial charge in [0.15, 0.2) is 0 Å². The van der Waals surface area contributed by atoms with Gasteiger partial charge in [0, 0.05) is 36.5 Å². The highest BCUT2D eigenvalue weighted by atomic mass is 16.3. The molecule has 25 heavy (non-hydrogen) atoms. The molecule has 0 radical (unpaired) electrons. The number of rotatable bonds is 1. The third-order valence-corrected chi connectivity index (χ3v) is 4.43. The Kier molecular flexibility index (Phi) is 4.82. The summed E-state index contributed by atoms with van der Waals surface area (Å²) in [5, 5.41) is 10.0. The zero-order chi connectivity index (χ0) is 17.9. The molecule has 0 saturated carbocycles. The molecule has 1 unspecified atom stereocenters. The Morgan fingerprint density at radius 2 is 1.80 bits per heavy atom. The Labute approximate surface area is 147 Å². The topological polar surface area (TPSA) is 66.3 Å². The Morgan fingerprint density at radius 1 is 1.16 bits per heavy atom. The van der Waals surface area contributed by atoms with Crippen molar-refractivity contribution in [3.8, 4) is 11.8 Å². The first-order valence-corrected chi connectivity index (χ1v) is 8.32. The second kappa shape index (κ2) is 7.04. The highest BCUT2D eigenvalue weighted by Gasteiger charge is 2.37. The zero-order valence-electron chi connectivity index (χ0n) is 14.4. The Hall–Kier alpha value is -2.71. The van der Waals surface area contributed by atoms with Crippen LogP contribution in [0.3, 0.4) is 0 Å². The number of nitrogens with zero attached hydrogens (tertiary/aromatic N) is 3. The SMILES string of the molecule is CC1(C)CN(C(=O)c2ncc(C#Cc3ccccc3)cn2)CCC1O. The van der Waals surface area contributed by atoms with Crippen LogP contribution in [0.5, 0.6) is 0 Å². The summed E-state index contributed by atoms with van der Waals surface area (Å²) in [7, 11) is 0.